The average Bonchev–Trinajstić information content (AvgIpc) is 2.67. The Morgan fingerprint density at radius 1 is 1.00 bits per heavy atom. The number of benzene rings is 2. The lowest BCUT2D eigenvalue weighted by atomic mass is 10.1. The van der Waals surface area contributed by atoms with Crippen LogP contribution in [0, 0.1) is 0 Å². The van der Waals surface area contributed by atoms with E-state index in [1.54, 1.807) is 48.5 Å². The van der Waals surface area contributed by atoms with E-state index >= 15 is 0 Å². The molecule has 2 rings (SSSR count). The maximum absolute atomic E-state index is 11.8. The molecular formula is C18H17N3O5. The Kier molecular flexibility index (Phi) is 6.44. The first kappa shape index (κ1) is 18.7. The number of carbonyl (C=O) groups excluding carboxylic acids is 3. The van der Waals surface area contributed by atoms with Crippen LogP contribution in [0.5, 0.6) is 5.75 Å². The summed E-state index contributed by atoms with van der Waals surface area (Å²) in [4.78, 5) is 34.9. The molecule has 2 aromatic carbocycles. The molecule has 0 atom stereocenters. The molecule has 2 amide bonds. The molecule has 0 aromatic heterocycles. The number of carbonyl (C=O) groups is 3. The molecule has 0 radical (unpaired) electrons. The van der Waals surface area contributed by atoms with E-state index in [0.717, 1.165) is 0 Å². The van der Waals surface area contributed by atoms with Gasteiger partial charge in [0.15, 0.2) is 0 Å². The topological polar surface area (TPSA) is 106 Å². The molecule has 134 valence electrons. The molecule has 0 unspecified atom stereocenters. The summed E-state index contributed by atoms with van der Waals surface area (Å²) in [6.07, 6.45) is 1.35. The smallest absolute Gasteiger partial charge is 0.337 e. The largest absolute Gasteiger partial charge is 0.497 e. The normalized spacial score (nSPS) is 10.2. The third-order valence-electron chi connectivity index (χ3n) is 3.25. The first-order valence-electron chi connectivity index (χ1n) is 7.50. The van der Waals surface area contributed by atoms with Crippen molar-refractivity contribution in [3.05, 3.63) is 59.7 Å². The van der Waals surface area contributed by atoms with E-state index in [9.17, 15) is 14.4 Å². The van der Waals surface area contributed by atoms with Gasteiger partial charge >= 0.3 is 17.8 Å². The van der Waals surface area contributed by atoms with Crippen molar-refractivity contribution >= 4 is 29.7 Å². The van der Waals surface area contributed by atoms with E-state index in [-0.39, 0.29) is 0 Å². The summed E-state index contributed by atoms with van der Waals surface area (Å²) in [7, 11) is 2.80. The molecule has 8 nitrogen and oxygen atoms in total. The lowest BCUT2D eigenvalue weighted by molar-refractivity contribution is -0.136. The number of rotatable bonds is 5. The van der Waals surface area contributed by atoms with E-state index in [1.165, 1.54) is 20.4 Å². The van der Waals surface area contributed by atoms with Crippen LogP contribution in [0.25, 0.3) is 0 Å². The second-order valence-corrected chi connectivity index (χ2v) is 5.00. The van der Waals surface area contributed by atoms with Gasteiger partial charge in [-0.25, -0.2) is 10.2 Å². The van der Waals surface area contributed by atoms with E-state index in [2.05, 4.69) is 20.6 Å². The Morgan fingerprint density at radius 2 is 1.73 bits per heavy atom. The predicted octanol–water partition coefficient (Wildman–Crippen LogP) is 1.57. The van der Waals surface area contributed by atoms with E-state index in [1.807, 2.05) is 0 Å². The zero-order valence-electron chi connectivity index (χ0n) is 14.2. The SMILES string of the molecule is COC(=O)c1ccc(/C=N\NC(=O)C(=O)Nc2cccc(OC)c2)cc1. The Morgan fingerprint density at radius 3 is 2.38 bits per heavy atom. The van der Waals surface area contributed by atoms with Crippen LogP contribution in [0.1, 0.15) is 15.9 Å². The number of amides is 2. The summed E-state index contributed by atoms with van der Waals surface area (Å²) in [6, 6.07) is 13.0. The Bertz CT molecular complexity index is 831. The number of esters is 1. The molecule has 0 saturated carbocycles. The van der Waals surface area contributed by atoms with Crippen molar-refractivity contribution in [1.29, 1.82) is 0 Å². The average molecular weight is 355 g/mol. The number of ether oxygens (including phenoxy) is 2. The second kappa shape index (κ2) is 8.97. The standard InChI is InChI=1S/C18H17N3O5/c1-25-15-5-3-4-14(10-15)20-16(22)17(23)21-19-11-12-6-8-13(9-7-12)18(24)26-2/h3-11H,1-2H3,(H,20,22)(H,21,23)/b19-11-. The lowest BCUT2D eigenvalue weighted by Crippen LogP contribution is -2.32. The molecule has 0 aliphatic carbocycles. The molecule has 26 heavy (non-hydrogen) atoms. The second-order valence-electron chi connectivity index (χ2n) is 5.00. The predicted molar refractivity (Wildman–Crippen MR) is 95.1 cm³/mol. The van der Waals surface area contributed by atoms with Crippen LogP contribution in [-0.4, -0.2) is 38.2 Å². The van der Waals surface area contributed by atoms with Gasteiger partial charge in [0, 0.05) is 11.8 Å². The number of nitrogens with one attached hydrogen (secondary N) is 2. The third kappa shape index (κ3) is 5.17. The molecular weight excluding hydrogens is 338 g/mol. The van der Waals surface area contributed by atoms with Crippen LogP contribution < -0.4 is 15.5 Å². The van der Waals surface area contributed by atoms with Gasteiger partial charge in [0.2, 0.25) is 0 Å². The summed E-state index contributed by atoms with van der Waals surface area (Å²) in [6.45, 7) is 0. The van der Waals surface area contributed by atoms with Crippen LogP contribution in [0.4, 0.5) is 5.69 Å². The number of hydrogen-bond acceptors (Lipinski definition) is 6. The van der Waals surface area contributed by atoms with Crippen molar-refractivity contribution in [2.24, 2.45) is 5.10 Å². The van der Waals surface area contributed by atoms with Crippen LogP contribution in [-0.2, 0) is 14.3 Å². The van der Waals surface area contributed by atoms with Crippen LogP contribution in [0.15, 0.2) is 53.6 Å². The van der Waals surface area contributed by atoms with Gasteiger partial charge in [0.25, 0.3) is 0 Å². The number of methoxy groups -OCH3 is 2. The quantitative estimate of drug-likeness (QED) is 0.366. The van der Waals surface area contributed by atoms with E-state index < -0.39 is 17.8 Å². The van der Waals surface area contributed by atoms with Crippen molar-refractivity contribution in [2.75, 3.05) is 19.5 Å². The van der Waals surface area contributed by atoms with Crippen LogP contribution in [0.3, 0.4) is 0 Å². The molecule has 0 heterocycles. The summed E-state index contributed by atoms with van der Waals surface area (Å²) in [5, 5.41) is 6.14. The van der Waals surface area contributed by atoms with Crippen molar-refractivity contribution in [1.82, 2.24) is 5.43 Å². The Balaban J connectivity index is 1.89. The third-order valence-corrected chi connectivity index (χ3v) is 3.25. The highest BCUT2D eigenvalue weighted by molar-refractivity contribution is 6.39. The highest BCUT2D eigenvalue weighted by atomic mass is 16.5. The van der Waals surface area contributed by atoms with E-state index in [0.29, 0.717) is 22.6 Å². The van der Waals surface area contributed by atoms with Gasteiger partial charge in [0.05, 0.1) is 26.0 Å². The highest BCUT2D eigenvalue weighted by Gasteiger charge is 2.13. The fraction of sp³-hybridized carbons (Fsp3) is 0.111. The van der Waals surface area contributed by atoms with E-state index in [4.69, 9.17) is 4.74 Å². The molecule has 2 aromatic rings. The lowest BCUT2D eigenvalue weighted by Gasteiger charge is -2.05. The van der Waals surface area contributed by atoms with Gasteiger partial charge in [-0.1, -0.05) is 18.2 Å². The monoisotopic (exact) mass is 355 g/mol. The van der Waals surface area contributed by atoms with Crippen molar-refractivity contribution in [3.63, 3.8) is 0 Å². The first-order chi connectivity index (χ1) is 12.5. The zero-order valence-corrected chi connectivity index (χ0v) is 14.2. The number of hydrazone groups is 1. The minimum atomic E-state index is -0.921. The Hall–Kier alpha value is -3.68. The Labute approximate surface area is 149 Å². The fourth-order valence-electron chi connectivity index (χ4n) is 1.93. The molecule has 0 saturated heterocycles. The first-order valence-corrected chi connectivity index (χ1v) is 7.50. The molecule has 0 fully saturated rings. The summed E-state index contributed by atoms with van der Waals surface area (Å²) < 4.78 is 9.63. The maximum Gasteiger partial charge on any atom is 0.337 e. The summed E-state index contributed by atoms with van der Waals surface area (Å²) >= 11 is 0. The zero-order chi connectivity index (χ0) is 18.9. The number of anilines is 1. The van der Waals surface area contributed by atoms with Crippen LogP contribution in [0.2, 0.25) is 0 Å². The maximum atomic E-state index is 11.8. The molecule has 8 heteroatoms. The van der Waals surface area contributed by atoms with Gasteiger partial charge in [0.1, 0.15) is 5.75 Å². The highest BCUT2D eigenvalue weighted by Crippen LogP contribution is 2.16. The molecule has 0 aliphatic heterocycles. The van der Waals surface area contributed by atoms with Crippen molar-refractivity contribution < 1.29 is 23.9 Å². The van der Waals surface area contributed by atoms with Gasteiger partial charge in [-0.05, 0) is 29.8 Å². The minimum Gasteiger partial charge on any atom is -0.497 e. The summed E-state index contributed by atoms with van der Waals surface area (Å²) in [5.41, 5.74) is 3.57. The van der Waals surface area contributed by atoms with Gasteiger partial charge in [-0.15, -0.1) is 0 Å². The number of hydrogen-bond donors (Lipinski definition) is 2. The number of nitrogens with zero attached hydrogens (tertiary/aromatic N) is 1. The molecule has 2 N–H and O–H groups in total. The molecule has 0 bridgehead atoms. The fourth-order valence-corrected chi connectivity index (χ4v) is 1.93. The van der Waals surface area contributed by atoms with Gasteiger partial charge in [-0.2, -0.15) is 5.10 Å². The van der Waals surface area contributed by atoms with Crippen molar-refractivity contribution in [3.8, 4) is 5.75 Å². The van der Waals surface area contributed by atoms with Gasteiger partial charge in [-0.3, -0.25) is 9.59 Å². The van der Waals surface area contributed by atoms with Crippen LogP contribution >= 0.6 is 0 Å². The molecule has 0 aliphatic rings. The van der Waals surface area contributed by atoms with Crippen molar-refractivity contribution in [2.45, 2.75) is 0 Å². The summed E-state index contributed by atoms with van der Waals surface area (Å²) in [5.74, 6) is -1.68. The van der Waals surface area contributed by atoms with Gasteiger partial charge < -0.3 is 14.8 Å². The minimum absolute atomic E-state index is 0.395. The molecule has 0 spiro atoms.